The Morgan fingerprint density at radius 2 is 1.64 bits per heavy atom. The van der Waals surface area contributed by atoms with E-state index < -0.39 is 0 Å². The second-order valence-corrected chi connectivity index (χ2v) is 4.90. The second-order valence-electron chi connectivity index (χ2n) is 2.58. The third kappa shape index (κ3) is 1.86. The molecular formula is C9H12IO+. The van der Waals surface area contributed by atoms with Gasteiger partial charge in [-0.3, -0.25) is 0 Å². The highest BCUT2D eigenvalue weighted by Gasteiger charge is 2.09. The summed E-state index contributed by atoms with van der Waals surface area (Å²) in [5.74, 6) is 0.450. The van der Waals surface area contributed by atoms with Crippen LogP contribution in [0.5, 0.6) is 5.75 Å². The molecule has 0 saturated heterocycles. The molecule has 0 heterocycles. The van der Waals surface area contributed by atoms with Gasteiger partial charge in [-0.2, -0.15) is 0 Å². The Labute approximate surface area is 77.7 Å². The maximum atomic E-state index is 9.44. The SMILES string of the molecule is C[I+]c1cc(C)c(O)c(C)c1. The normalized spacial score (nSPS) is 10.1. The van der Waals surface area contributed by atoms with Crippen LogP contribution < -0.4 is 21.2 Å². The Kier molecular flexibility index (Phi) is 2.76. The molecule has 0 aliphatic heterocycles. The van der Waals surface area contributed by atoms with Crippen LogP contribution in [0.2, 0.25) is 0 Å². The Hall–Kier alpha value is -0.250. The molecule has 0 bridgehead atoms. The third-order valence-corrected chi connectivity index (χ3v) is 3.54. The lowest BCUT2D eigenvalue weighted by molar-refractivity contribution is -0.597. The Morgan fingerprint density at radius 1 is 1.18 bits per heavy atom. The lowest BCUT2D eigenvalue weighted by atomic mass is 10.1. The molecule has 0 aliphatic carbocycles. The molecule has 1 N–H and O–H groups in total. The van der Waals surface area contributed by atoms with Gasteiger partial charge in [-0.25, -0.2) is 0 Å². The number of hydrogen-bond acceptors (Lipinski definition) is 1. The number of phenols is 1. The number of hydrogen-bond donors (Lipinski definition) is 1. The van der Waals surface area contributed by atoms with Gasteiger partial charge >= 0.3 is 21.2 Å². The fourth-order valence-corrected chi connectivity index (χ4v) is 2.57. The lowest BCUT2D eigenvalue weighted by Crippen LogP contribution is -3.60. The zero-order valence-electron chi connectivity index (χ0n) is 6.98. The first-order valence-corrected chi connectivity index (χ1v) is 6.68. The summed E-state index contributed by atoms with van der Waals surface area (Å²) in [5, 5.41) is 9.44. The van der Waals surface area contributed by atoms with Crippen molar-refractivity contribution >= 4 is 0 Å². The zero-order valence-corrected chi connectivity index (χ0v) is 9.14. The Balaban J connectivity index is 3.21. The van der Waals surface area contributed by atoms with Gasteiger partial charge in [0.15, 0.2) is 3.57 Å². The molecule has 1 nitrogen and oxygen atoms in total. The number of aromatic hydroxyl groups is 1. The van der Waals surface area contributed by atoms with Gasteiger partial charge in [-0.15, -0.1) is 0 Å². The van der Waals surface area contributed by atoms with Crippen LogP contribution in [0.3, 0.4) is 0 Å². The highest BCUT2D eigenvalue weighted by Crippen LogP contribution is 2.19. The molecule has 1 rings (SSSR count). The molecule has 1 aromatic rings. The molecule has 2 heteroatoms. The van der Waals surface area contributed by atoms with Gasteiger partial charge in [0.25, 0.3) is 0 Å². The van der Waals surface area contributed by atoms with Gasteiger partial charge in [0.1, 0.15) is 10.7 Å². The average Bonchev–Trinajstić information content (AvgIpc) is 1.99. The first kappa shape index (κ1) is 8.84. The van der Waals surface area contributed by atoms with Crippen LogP contribution in [0.25, 0.3) is 0 Å². The van der Waals surface area contributed by atoms with Gasteiger partial charge < -0.3 is 5.11 Å². The van der Waals surface area contributed by atoms with Crippen molar-refractivity contribution in [3.05, 3.63) is 26.8 Å². The number of benzene rings is 1. The van der Waals surface area contributed by atoms with Crippen molar-refractivity contribution in [2.24, 2.45) is 0 Å². The van der Waals surface area contributed by atoms with Crippen LogP contribution in [-0.2, 0) is 0 Å². The lowest BCUT2D eigenvalue weighted by Gasteiger charge is -2.00. The minimum absolute atomic E-state index is 0.152. The summed E-state index contributed by atoms with van der Waals surface area (Å²) < 4.78 is 1.40. The predicted octanol–water partition coefficient (Wildman–Crippen LogP) is -1.10. The topological polar surface area (TPSA) is 20.2 Å². The molecule has 0 saturated carbocycles. The first-order chi connectivity index (χ1) is 5.15. The molecule has 1 aromatic carbocycles. The first-order valence-electron chi connectivity index (χ1n) is 3.45. The minimum Gasteiger partial charge on any atom is -0.507 e. The summed E-state index contributed by atoms with van der Waals surface area (Å²) in [6, 6.07) is 4.16. The van der Waals surface area contributed by atoms with Crippen LogP contribution in [-0.4, -0.2) is 10.0 Å². The minimum atomic E-state index is 0.152. The van der Waals surface area contributed by atoms with Gasteiger partial charge in [0, 0.05) is 0 Å². The summed E-state index contributed by atoms with van der Waals surface area (Å²) in [6.45, 7) is 3.90. The molecule has 11 heavy (non-hydrogen) atoms. The van der Waals surface area contributed by atoms with Crippen molar-refractivity contribution in [2.75, 3.05) is 4.93 Å². The monoisotopic (exact) mass is 263 g/mol. The molecular weight excluding hydrogens is 251 g/mol. The van der Waals surface area contributed by atoms with Crippen molar-refractivity contribution < 1.29 is 26.3 Å². The molecule has 0 radical (unpaired) electrons. The number of rotatable bonds is 1. The standard InChI is InChI=1S/C9H11IO/c1-6-4-8(10-3)5-7(2)9(6)11/h4-5H,1-3H3/p+1. The van der Waals surface area contributed by atoms with E-state index >= 15 is 0 Å². The van der Waals surface area contributed by atoms with E-state index in [0.29, 0.717) is 5.75 Å². The van der Waals surface area contributed by atoms with E-state index in [1.807, 2.05) is 13.8 Å². The summed E-state index contributed by atoms with van der Waals surface area (Å²) in [7, 11) is 0. The zero-order chi connectivity index (χ0) is 8.43. The molecule has 0 spiro atoms. The largest absolute Gasteiger partial charge is 0.507 e. The van der Waals surface area contributed by atoms with E-state index in [-0.39, 0.29) is 21.2 Å². The molecule has 0 fully saturated rings. The maximum Gasteiger partial charge on any atom is 0.309 e. The van der Waals surface area contributed by atoms with Gasteiger partial charge in [-0.05, 0) is 37.1 Å². The smallest absolute Gasteiger partial charge is 0.309 e. The van der Waals surface area contributed by atoms with Crippen LogP contribution in [0, 0.1) is 17.4 Å². The van der Waals surface area contributed by atoms with Crippen molar-refractivity contribution in [3.63, 3.8) is 0 Å². The van der Waals surface area contributed by atoms with E-state index in [2.05, 4.69) is 17.1 Å². The Morgan fingerprint density at radius 3 is 2.00 bits per heavy atom. The van der Waals surface area contributed by atoms with Crippen LogP contribution in [0.15, 0.2) is 12.1 Å². The second kappa shape index (κ2) is 3.43. The van der Waals surface area contributed by atoms with Gasteiger partial charge in [-0.1, -0.05) is 0 Å². The summed E-state index contributed by atoms with van der Waals surface area (Å²) >= 11 is 0.152. The molecule has 0 amide bonds. The fraction of sp³-hybridized carbons (Fsp3) is 0.333. The van der Waals surface area contributed by atoms with Crippen molar-refractivity contribution in [1.82, 2.24) is 0 Å². The quantitative estimate of drug-likeness (QED) is 0.503. The molecule has 0 aliphatic rings. The van der Waals surface area contributed by atoms with E-state index in [1.165, 1.54) is 3.57 Å². The summed E-state index contributed by atoms with van der Waals surface area (Å²) in [6.07, 6.45) is 0. The summed E-state index contributed by atoms with van der Waals surface area (Å²) in [5.41, 5.74) is 2.00. The molecule has 0 atom stereocenters. The van der Waals surface area contributed by atoms with Gasteiger partial charge in [0.05, 0.1) is 0 Å². The van der Waals surface area contributed by atoms with Crippen molar-refractivity contribution in [2.45, 2.75) is 13.8 Å². The van der Waals surface area contributed by atoms with E-state index in [9.17, 15) is 5.11 Å². The number of alkyl halides is 1. The molecule has 0 unspecified atom stereocenters. The van der Waals surface area contributed by atoms with Gasteiger partial charge in [0.2, 0.25) is 0 Å². The van der Waals surface area contributed by atoms with E-state index in [1.54, 1.807) is 0 Å². The van der Waals surface area contributed by atoms with Crippen molar-refractivity contribution in [3.8, 4) is 5.75 Å². The van der Waals surface area contributed by atoms with Crippen LogP contribution in [0.1, 0.15) is 11.1 Å². The van der Waals surface area contributed by atoms with E-state index in [4.69, 9.17) is 0 Å². The van der Waals surface area contributed by atoms with Crippen molar-refractivity contribution in [1.29, 1.82) is 0 Å². The van der Waals surface area contributed by atoms with E-state index in [0.717, 1.165) is 11.1 Å². The molecule has 60 valence electrons. The molecule has 0 aromatic heterocycles. The highest BCUT2D eigenvalue weighted by molar-refractivity contribution is 5.37. The number of halogens is 1. The third-order valence-electron chi connectivity index (χ3n) is 1.67. The number of phenolic OH excluding ortho intramolecular Hbond substituents is 1. The summed E-state index contributed by atoms with van der Waals surface area (Å²) in [4.78, 5) is 2.23. The van der Waals surface area contributed by atoms with Crippen LogP contribution in [0.4, 0.5) is 0 Å². The highest BCUT2D eigenvalue weighted by atomic mass is 127. The predicted molar refractivity (Wildman–Crippen MR) is 42.2 cm³/mol. The number of aryl methyl sites for hydroxylation is 2. The maximum absolute atomic E-state index is 9.44. The average molecular weight is 263 g/mol. The Bertz CT molecular complexity index is 245. The van der Waals surface area contributed by atoms with Crippen LogP contribution >= 0.6 is 0 Å². The fourth-order valence-electron chi connectivity index (χ4n) is 1.01.